The normalized spacial score (nSPS) is 14.3. The molecular weight excluding hydrogens is 446 g/mol. The first kappa shape index (κ1) is 21.5. The maximum absolute atomic E-state index is 14.5. The lowest BCUT2D eigenvalue weighted by atomic mass is 10.0. The number of benzene rings is 1. The number of imidazole rings is 1. The first-order valence-corrected chi connectivity index (χ1v) is 10.7. The second-order valence-electron chi connectivity index (χ2n) is 7.14. The number of fused-ring (bicyclic) bond motifs is 1. The minimum atomic E-state index is -0.617. The summed E-state index contributed by atoms with van der Waals surface area (Å²) in [5.41, 5.74) is 0.643. The minimum absolute atomic E-state index is 0.0391. The fourth-order valence-corrected chi connectivity index (χ4v) is 4.33. The van der Waals surface area contributed by atoms with E-state index in [-0.39, 0.29) is 33.6 Å². The Kier molecular flexibility index (Phi) is 6.11. The highest BCUT2D eigenvalue weighted by atomic mass is 35.5. The molecule has 10 heteroatoms. The zero-order valence-electron chi connectivity index (χ0n) is 16.8. The van der Waals surface area contributed by atoms with Crippen LogP contribution in [-0.2, 0) is 4.79 Å². The number of nitrogens with zero attached hydrogens (tertiary/aromatic N) is 4. The van der Waals surface area contributed by atoms with Gasteiger partial charge in [-0.05, 0) is 12.1 Å². The SMILES string of the molecule is COc1c(-c2c(O)cccc2F)c(Cl)cn2c(N3CCN(C(=O)CCCl)CC3)cnc12. The minimum Gasteiger partial charge on any atom is -0.507 e. The number of piperazine rings is 1. The van der Waals surface area contributed by atoms with E-state index < -0.39 is 5.82 Å². The number of hydrogen-bond donors (Lipinski definition) is 1. The van der Waals surface area contributed by atoms with Crippen molar-refractivity contribution in [2.24, 2.45) is 0 Å². The summed E-state index contributed by atoms with van der Waals surface area (Å²) in [6.07, 6.45) is 3.65. The number of phenols is 1. The van der Waals surface area contributed by atoms with E-state index in [1.807, 2.05) is 0 Å². The molecule has 0 radical (unpaired) electrons. The van der Waals surface area contributed by atoms with Crippen molar-refractivity contribution in [3.8, 4) is 22.6 Å². The number of methoxy groups -OCH3 is 1. The third kappa shape index (κ3) is 3.85. The van der Waals surface area contributed by atoms with Crippen LogP contribution in [0, 0.1) is 5.82 Å². The Labute approximate surface area is 188 Å². The van der Waals surface area contributed by atoms with E-state index in [2.05, 4.69) is 9.88 Å². The number of phenolic OH excluding ortho intramolecular Hbond substituents is 1. The standard InChI is InChI=1S/C21H21Cl2FN4O3/c1-31-20-18(19-14(24)3-2-4-15(19)29)13(23)12-28-16(11-25-21(20)28)26-7-9-27(10-8-26)17(30)5-6-22/h2-4,11-12,29H,5-10H2,1H3. The Morgan fingerprint density at radius 3 is 2.65 bits per heavy atom. The number of hydrogen-bond acceptors (Lipinski definition) is 5. The Hall–Kier alpha value is -2.71. The predicted octanol–water partition coefficient (Wildman–Crippen LogP) is 3.79. The van der Waals surface area contributed by atoms with E-state index in [4.69, 9.17) is 27.9 Å². The molecule has 3 heterocycles. The summed E-state index contributed by atoms with van der Waals surface area (Å²) in [7, 11) is 1.45. The molecule has 1 amide bonds. The van der Waals surface area contributed by atoms with E-state index in [1.54, 1.807) is 21.7 Å². The van der Waals surface area contributed by atoms with Gasteiger partial charge in [0.05, 0.1) is 29.5 Å². The largest absolute Gasteiger partial charge is 0.507 e. The van der Waals surface area contributed by atoms with Crippen molar-refractivity contribution < 1.29 is 19.0 Å². The van der Waals surface area contributed by atoms with E-state index >= 15 is 0 Å². The molecule has 1 fully saturated rings. The van der Waals surface area contributed by atoms with Gasteiger partial charge in [0.1, 0.15) is 17.4 Å². The van der Waals surface area contributed by atoms with Crippen molar-refractivity contribution in [1.82, 2.24) is 14.3 Å². The number of aromatic hydroxyl groups is 1. The van der Waals surface area contributed by atoms with Crippen LogP contribution in [0.25, 0.3) is 16.8 Å². The summed E-state index contributed by atoms with van der Waals surface area (Å²) in [5, 5.41) is 10.5. The number of amides is 1. The molecule has 1 N–H and O–H groups in total. The van der Waals surface area contributed by atoms with Crippen molar-refractivity contribution in [1.29, 1.82) is 0 Å². The molecule has 164 valence electrons. The average molecular weight is 467 g/mol. The number of carbonyl (C=O) groups is 1. The number of aromatic nitrogens is 2. The third-order valence-electron chi connectivity index (χ3n) is 5.40. The summed E-state index contributed by atoms with van der Waals surface area (Å²) in [5.74, 6) is 0.541. The monoisotopic (exact) mass is 466 g/mol. The van der Waals surface area contributed by atoms with Gasteiger partial charge < -0.3 is 19.6 Å². The molecule has 2 aromatic heterocycles. The zero-order valence-corrected chi connectivity index (χ0v) is 18.3. The molecule has 0 aliphatic carbocycles. The zero-order chi connectivity index (χ0) is 22.1. The maximum Gasteiger partial charge on any atom is 0.223 e. The molecule has 0 atom stereocenters. The number of carbonyl (C=O) groups excluding carboxylic acids is 1. The Morgan fingerprint density at radius 1 is 1.26 bits per heavy atom. The van der Waals surface area contributed by atoms with Crippen LogP contribution in [0.4, 0.5) is 10.2 Å². The van der Waals surface area contributed by atoms with Crippen LogP contribution >= 0.6 is 23.2 Å². The highest BCUT2D eigenvalue weighted by Crippen LogP contribution is 2.44. The molecule has 0 unspecified atom stereocenters. The summed E-state index contributed by atoms with van der Waals surface area (Å²) in [6.45, 7) is 2.40. The summed E-state index contributed by atoms with van der Waals surface area (Å²) in [4.78, 5) is 20.4. The molecule has 31 heavy (non-hydrogen) atoms. The van der Waals surface area contributed by atoms with E-state index in [0.717, 1.165) is 5.82 Å². The topological polar surface area (TPSA) is 70.3 Å². The second kappa shape index (κ2) is 8.80. The van der Waals surface area contributed by atoms with Crippen LogP contribution in [0.5, 0.6) is 11.5 Å². The van der Waals surface area contributed by atoms with Crippen LogP contribution in [0.1, 0.15) is 6.42 Å². The Morgan fingerprint density at radius 2 is 2.00 bits per heavy atom. The smallest absolute Gasteiger partial charge is 0.223 e. The van der Waals surface area contributed by atoms with Gasteiger partial charge in [0.2, 0.25) is 5.91 Å². The van der Waals surface area contributed by atoms with Crippen LogP contribution in [0.15, 0.2) is 30.6 Å². The first-order chi connectivity index (χ1) is 15.0. The van der Waals surface area contributed by atoms with Crippen molar-refractivity contribution >= 4 is 40.6 Å². The summed E-state index contributed by atoms with van der Waals surface area (Å²) in [6, 6.07) is 4.05. The number of pyridine rings is 1. The maximum atomic E-state index is 14.5. The number of halogens is 3. The van der Waals surface area contributed by atoms with Crippen molar-refractivity contribution in [2.45, 2.75) is 6.42 Å². The lowest BCUT2D eigenvalue weighted by molar-refractivity contribution is -0.131. The molecule has 1 aliphatic rings. The number of rotatable bonds is 5. The molecule has 1 saturated heterocycles. The Bertz CT molecular complexity index is 1110. The summed E-state index contributed by atoms with van der Waals surface area (Å²) < 4.78 is 21.9. The molecule has 0 bridgehead atoms. The Balaban J connectivity index is 1.72. The highest BCUT2D eigenvalue weighted by molar-refractivity contribution is 6.34. The van der Waals surface area contributed by atoms with E-state index in [9.17, 15) is 14.3 Å². The second-order valence-corrected chi connectivity index (χ2v) is 7.92. The third-order valence-corrected chi connectivity index (χ3v) is 5.87. The van der Waals surface area contributed by atoms with Gasteiger partial charge in [-0.1, -0.05) is 17.7 Å². The number of alkyl halides is 1. The lowest BCUT2D eigenvalue weighted by Gasteiger charge is -2.35. The van der Waals surface area contributed by atoms with Gasteiger partial charge >= 0.3 is 0 Å². The van der Waals surface area contributed by atoms with Gasteiger partial charge in [-0.3, -0.25) is 9.20 Å². The number of ether oxygens (including phenoxy) is 1. The van der Waals surface area contributed by atoms with Crippen molar-refractivity contribution in [3.63, 3.8) is 0 Å². The van der Waals surface area contributed by atoms with E-state index in [0.29, 0.717) is 44.1 Å². The lowest BCUT2D eigenvalue weighted by Crippen LogP contribution is -2.49. The van der Waals surface area contributed by atoms with Gasteiger partial charge in [-0.25, -0.2) is 9.37 Å². The van der Waals surface area contributed by atoms with Gasteiger partial charge in [0.25, 0.3) is 0 Å². The quantitative estimate of drug-likeness (QED) is 0.579. The van der Waals surface area contributed by atoms with Crippen LogP contribution in [0.2, 0.25) is 5.02 Å². The molecule has 0 spiro atoms. The van der Waals surface area contributed by atoms with E-state index in [1.165, 1.54) is 25.3 Å². The van der Waals surface area contributed by atoms with Gasteiger partial charge in [0.15, 0.2) is 11.4 Å². The fourth-order valence-electron chi connectivity index (χ4n) is 3.89. The molecule has 1 aliphatic heterocycles. The van der Waals surface area contributed by atoms with Gasteiger partial charge in [-0.2, -0.15) is 0 Å². The average Bonchev–Trinajstić information content (AvgIpc) is 3.17. The molecule has 0 saturated carbocycles. The predicted molar refractivity (Wildman–Crippen MR) is 118 cm³/mol. The van der Waals surface area contributed by atoms with Crippen LogP contribution in [-0.4, -0.2) is 64.5 Å². The summed E-state index contributed by atoms with van der Waals surface area (Å²) >= 11 is 12.2. The van der Waals surface area contributed by atoms with Gasteiger partial charge in [-0.15, -0.1) is 11.6 Å². The molecule has 1 aromatic carbocycles. The van der Waals surface area contributed by atoms with Crippen LogP contribution in [0.3, 0.4) is 0 Å². The first-order valence-electron chi connectivity index (χ1n) is 9.76. The molecular formula is C21H21Cl2FN4O3. The van der Waals surface area contributed by atoms with Gasteiger partial charge in [0, 0.05) is 44.7 Å². The van der Waals surface area contributed by atoms with Crippen molar-refractivity contribution in [3.05, 3.63) is 41.4 Å². The molecule has 3 aromatic rings. The van der Waals surface area contributed by atoms with Crippen LogP contribution < -0.4 is 9.64 Å². The fraction of sp³-hybridized carbons (Fsp3) is 0.333. The van der Waals surface area contributed by atoms with Crippen molar-refractivity contribution in [2.75, 3.05) is 44.1 Å². The number of anilines is 1. The molecule has 4 rings (SSSR count). The highest BCUT2D eigenvalue weighted by Gasteiger charge is 2.26. The molecule has 7 nitrogen and oxygen atoms in total.